The Labute approximate surface area is 175 Å². The van der Waals surface area contributed by atoms with Crippen LogP contribution in [0, 0.1) is 0 Å². The minimum Gasteiger partial charge on any atom is -0.383 e. The predicted molar refractivity (Wildman–Crippen MR) is 120 cm³/mol. The summed E-state index contributed by atoms with van der Waals surface area (Å²) in [6, 6.07) is 0. The third-order valence-electron chi connectivity index (χ3n) is 3.94. The van der Waals surface area contributed by atoms with E-state index in [0.717, 1.165) is 58.7 Å². The van der Waals surface area contributed by atoms with Crippen molar-refractivity contribution in [3.8, 4) is 0 Å². The van der Waals surface area contributed by atoms with Gasteiger partial charge in [-0.05, 0) is 26.3 Å². The van der Waals surface area contributed by atoms with E-state index in [4.69, 9.17) is 14.2 Å². The summed E-state index contributed by atoms with van der Waals surface area (Å²) in [5, 5.41) is 0. The second kappa shape index (κ2) is 24.8. The van der Waals surface area contributed by atoms with Crippen LogP contribution in [0.4, 0.5) is 4.39 Å². The molecule has 1 atom stereocenters. The van der Waals surface area contributed by atoms with Gasteiger partial charge in [-0.1, -0.05) is 41.5 Å². The van der Waals surface area contributed by atoms with E-state index in [1.165, 1.54) is 14.0 Å². The molecule has 174 valence electrons. The van der Waals surface area contributed by atoms with Crippen LogP contribution in [0.15, 0.2) is 0 Å². The Balaban J connectivity index is -0.000000946. The number of rotatable bonds is 12. The number of hydrogen-bond acceptors (Lipinski definition) is 5. The lowest BCUT2D eigenvalue weighted by molar-refractivity contribution is -0.0224. The average Bonchev–Trinajstić information content (AvgIpc) is 2.74. The number of unbranched alkanes of at least 4 members (excludes halogenated alkanes) is 1. The van der Waals surface area contributed by atoms with Crippen molar-refractivity contribution in [3.63, 3.8) is 0 Å². The molecule has 1 unspecified atom stereocenters. The van der Waals surface area contributed by atoms with Crippen molar-refractivity contribution >= 4 is 0 Å². The molecule has 1 heterocycles. The van der Waals surface area contributed by atoms with E-state index in [9.17, 15) is 4.39 Å². The molecule has 28 heavy (non-hydrogen) atoms. The van der Waals surface area contributed by atoms with Gasteiger partial charge in [0.2, 0.25) is 0 Å². The van der Waals surface area contributed by atoms with E-state index in [2.05, 4.69) is 9.80 Å². The summed E-state index contributed by atoms with van der Waals surface area (Å²) in [5.74, 6) is 0. The topological polar surface area (TPSA) is 34.2 Å². The number of methoxy groups -OCH3 is 2. The highest BCUT2D eigenvalue weighted by Gasteiger charge is 2.23. The lowest BCUT2D eigenvalue weighted by Crippen LogP contribution is -2.47. The number of nitrogens with zero attached hydrogens (tertiary/aromatic N) is 2. The Morgan fingerprint density at radius 3 is 1.68 bits per heavy atom. The first kappa shape index (κ1) is 32.4. The van der Waals surface area contributed by atoms with Crippen molar-refractivity contribution < 1.29 is 18.6 Å². The summed E-state index contributed by atoms with van der Waals surface area (Å²) in [5.41, 5.74) is -1.38. The third-order valence-corrected chi connectivity index (χ3v) is 3.94. The molecule has 0 amide bonds. The molecule has 1 saturated heterocycles. The molecule has 0 aliphatic carbocycles. The van der Waals surface area contributed by atoms with Gasteiger partial charge in [-0.15, -0.1) is 0 Å². The molecule has 0 aromatic rings. The van der Waals surface area contributed by atoms with Gasteiger partial charge >= 0.3 is 0 Å². The maximum absolute atomic E-state index is 13.7. The van der Waals surface area contributed by atoms with Crippen molar-refractivity contribution in [2.24, 2.45) is 0 Å². The summed E-state index contributed by atoms with van der Waals surface area (Å²) < 4.78 is 29.1. The maximum atomic E-state index is 13.7. The zero-order valence-electron chi connectivity index (χ0n) is 20.5. The normalized spacial score (nSPS) is 16.5. The highest BCUT2D eigenvalue weighted by molar-refractivity contribution is 4.72. The van der Waals surface area contributed by atoms with E-state index < -0.39 is 5.67 Å². The molecule has 0 aromatic heterocycles. The fraction of sp³-hybridized carbons (Fsp3) is 1.00. The third kappa shape index (κ3) is 20.5. The summed E-state index contributed by atoms with van der Waals surface area (Å²) >= 11 is 0. The first-order valence-corrected chi connectivity index (χ1v) is 11.3. The lowest BCUT2D eigenvalue weighted by Gasteiger charge is -2.34. The van der Waals surface area contributed by atoms with E-state index in [1.54, 1.807) is 7.11 Å². The second-order valence-corrected chi connectivity index (χ2v) is 6.28. The highest BCUT2D eigenvalue weighted by atomic mass is 19.1. The van der Waals surface area contributed by atoms with Gasteiger partial charge in [-0.3, -0.25) is 4.90 Å². The van der Waals surface area contributed by atoms with Crippen LogP contribution in [0.3, 0.4) is 0 Å². The van der Waals surface area contributed by atoms with Crippen LogP contribution in [0.2, 0.25) is 0 Å². The molecule has 0 N–H and O–H groups in total. The van der Waals surface area contributed by atoms with E-state index in [1.807, 2.05) is 41.5 Å². The first-order chi connectivity index (χ1) is 13.6. The van der Waals surface area contributed by atoms with Crippen LogP contribution in [-0.2, 0) is 14.2 Å². The molecule has 0 saturated carbocycles. The molecule has 1 rings (SSSR count). The van der Waals surface area contributed by atoms with Gasteiger partial charge in [0.1, 0.15) is 0 Å². The highest BCUT2D eigenvalue weighted by Crippen LogP contribution is 2.11. The minimum atomic E-state index is -1.38. The van der Waals surface area contributed by atoms with Crippen LogP contribution >= 0.6 is 0 Å². The van der Waals surface area contributed by atoms with E-state index in [-0.39, 0.29) is 13.2 Å². The van der Waals surface area contributed by atoms with Crippen LogP contribution in [0.5, 0.6) is 0 Å². The zero-order valence-corrected chi connectivity index (χ0v) is 20.5. The van der Waals surface area contributed by atoms with Gasteiger partial charge in [-0.2, -0.15) is 0 Å². The average molecular weight is 411 g/mol. The largest absolute Gasteiger partial charge is 0.383 e. The second-order valence-electron chi connectivity index (χ2n) is 6.28. The number of ether oxygens (including phenoxy) is 3. The Bertz CT molecular complexity index is 275. The number of piperazine rings is 1. The van der Waals surface area contributed by atoms with Crippen molar-refractivity contribution in [3.05, 3.63) is 0 Å². The Kier molecular flexibility index (Phi) is 28.7. The molecule has 0 bridgehead atoms. The van der Waals surface area contributed by atoms with Gasteiger partial charge in [-0.25, -0.2) is 4.39 Å². The summed E-state index contributed by atoms with van der Waals surface area (Å²) in [6.07, 6.45) is 2.08. The van der Waals surface area contributed by atoms with Crippen molar-refractivity contribution in [2.75, 3.05) is 79.9 Å². The van der Waals surface area contributed by atoms with Crippen LogP contribution in [-0.4, -0.2) is 95.4 Å². The molecule has 0 spiro atoms. The van der Waals surface area contributed by atoms with Crippen LogP contribution < -0.4 is 0 Å². The van der Waals surface area contributed by atoms with Crippen molar-refractivity contribution in [1.29, 1.82) is 0 Å². The standard InChI is InChI=1S/C16H33FN2O3.3C2H6/c1-16(17,14-21-3)15-22-12-5-4-6-18-7-9-19(10-8-18)11-13-20-2;3*1-2/h4-15H2,1-3H3;3*1-2H3. The molecule has 1 aliphatic heterocycles. The predicted octanol–water partition coefficient (Wildman–Crippen LogP) is 4.50. The molecule has 0 aromatic carbocycles. The van der Waals surface area contributed by atoms with Gasteiger partial charge < -0.3 is 19.1 Å². The summed E-state index contributed by atoms with van der Waals surface area (Å²) in [4.78, 5) is 4.94. The van der Waals surface area contributed by atoms with Gasteiger partial charge in [0.15, 0.2) is 5.67 Å². The summed E-state index contributed by atoms with van der Waals surface area (Å²) in [7, 11) is 3.26. The Morgan fingerprint density at radius 2 is 1.21 bits per heavy atom. The van der Waals surface area contributed by atoms with Gasteiger partial charge in [0, 0.05) is 53.6 Å². The fourth-order valence-corrected chi connectivity index (χ4v) is 2.62. The quantitative estimate of drug-likeness (QED) is 0.443. The van der Waals surface area contributed by atoms with Gasteiger partial charge in [0.25, 0.3) is 0 Å². The zero-order chi connectivity index (χ0) is 22.3. The number of hydrogen-bond donors (Lipinski definition) is 0. The van der Waals surface area contributed by atoms with Crippen LogP contribution in [0.25, 0.3) is 0 Å². The molecule has 1 fully saturated rings. The SMILES string of the molecule is CC.CC.CC.COCCN1CCN(CCCCOCC(C)(F)COC)CC1. The van der Waals surface area contributed by atoms with Crippen molar-refractivity contribution in [2.45, 2.75) is 67.0 Å². The lowest BCUT2D eigenvalue weighted by atomic mass is 10.2. The smallest absolute Gasteiger partial charge is 0.154 e. The Hall–Kier alpha value is -0.270. The molecular weight excluding hydrogens is 359 g/mol. The number of alkyl halides is 1. The summed E-state index contributed by atoms with van der Waals surface area (Å²) in [6.45, 7) is 21.8. The fourth-order valence-electron chi connectivity index (χ4n) is 2.62. The van der Waals surface area contributed by atoms with E-state index >= 15 is 0 Å². The van der Waals surface area contributed by atoms with Crippen LogP contribution in [0.1, 0.15) is 61.3 Å². The first-order valence-electron chi connectivity index (χ1n) is 11.3. The molecule has 5 nitrogen and oxygen atoms in total. The molecule has 6 heteroatoms. The van der Waals surface area contributed by atoms with E-state index in [0.29, 0.717) is 6.61 Å². The molecular formula is C22H51FN2O3. The maximum Gasteiger partial charge on any atom is 0.154 e. The van der Waals surface area contributed by atoms with Crippen molar-refractivity contribution in [1.82, 2.24) is 9.80 Å². The monoisotopic (exact) mass is 410 g/mol. The Morgan fingerprint density at radius 1 is 0.714 bits per heavy atom. The molecule has 1 aliphatic rings. The minimum absolute atomic E-state index is 0.0837. The number of halogens is 1. The molecule has 0 radical (unpaired) electrons. The van der Waals surface area contributed by atoms with Gasteiger partial charge in [0.05, 0.1) is 19.8 Å².